The zero-order chi connectivity index (χ0) is 12.3. The highest BCUT2D eigenvalue weighted by atomic mass is 79.9. The Hall–Kier alpha value is -1.07. The Morgan fingerprint density at radius 3 is 3.00 bits per heavy atom. The zero-order valence-corrected chi connectivity index (χ0v) is 11.3. The Kier molecular flexibility index (Phi) is 4.02. The summed E-state index contributed by atoms with van der Waals surface area (Å²) in [5.41, 5.74) is 1.04. The summed E-state index contributed by atoms with van der Waals surface area (Å²) in [6, 6.07) is 3.87. The fourth-order valence-electron chi connectivity index (χ4n) is 1.77. The van der Waals surface area contributed by atoms with Crippen molar-refractivity contribution in [3.8, 4) is 5.75 Å². The summed E-state index contributed by atoms with van der Waals surface area (Å²) < 4.78 is 8.32. The molecule has 1 aromatic heterocycles. The van der Waals surface area contributed by atoms with Gasteiger partial charge in [-0.2, -0.15) is 5.10 Å². The largest absolute Gasteiger partial charge is 0.490 e. The lowest BCUT2D eigenvalue weighted by Crippen LogP contribution is -2.03. The zero-order valence-electron chi connectivity index (χ0n) is 9.69. The summed E-state index contributed by atoms with van der Waals surface area (Å²) in [4.78, 5) is 0. The van der Waals surface area contributed by atoms with Gasteiger partial charge in [-0.1, -0.05) is 6.92 Å². The second kappa shape index (κ2) is 5.51. The molecule has 0 amide bonds. The molecule has 0 saturated carbocycles. The maximum atomic E-state index is 8.77. The minimum atomic E-state index is 0.0126. The highest BCUT2D eigenvalue weighted by Crippen LogP contribution is 2.33. The Morgan fingerprint density at radius 1 is 1.47 bits per heavy atom. The molecule has 0 saturated heterocycles. The first-order chi connectivity index (χ1) is 8.27. The molecule has 2 aromatic rings. The van der Waals surface area contributed by atoms with E-state index in [1.165, 1.54) is 0 Å². The number of aliphatic hydroxyl groups excluding tert-OH is 1. The highest BCUT2D eigenvalue weighted by molar-refractivity contribution is 9.10. The third kappa shape index (κ3) is 2.45. The predicted octanol–water partition coefficient (Wildman–Crippen LogP) is 2.58. The molecule has 0 atom stereocenters. The van der Waals surface area contributed by atoms with Gasteiger partial charge in [0.25, 0.3) is 0 Å². The summed E-state index contributed by atoms with van der Waals surface area (Å²) in [5.74, 6) is 0.740. The Morgan fingerprint density at radius 2 is 2.29 bits per heavy atom. The number of fused-ring (bicyclic) bond motifs is 1. The van der Waals surface area contributed by atoms with Crippen molar-refractivity contribution in [2.45, 2.75) is 19.9 Å². The van der Waals surface area contributed by atoms with E-state index in [2.05, 4.69) is 28.0 Å². The van der Waals surface area contributed by atoms with Crippen LogP contribution in [0.25, 0.3) is 10.9 Å². The van der Waals surface area contributed by atoms with E-state index in [-0.39, 0.29) is 6.61 Å². The third-order valence-corrected chi connectivity index (χ3v) is 3.26. The molecule has 5 heteroatoms. The summed E-state index contributed by atoms with van der Waals surface area (Å²) in [5, 5.41) is 14.2. The first-order valence-electron chi connectivity index (χ1n) is 5.65. The third-order valence-electron chi connectivity index (χ3n) is 2.49. The van der Waals surface area contributed by atoms with E-state index in [1.807, 2.05) is 23.0 Å². The van der Waals surface area contributed by atoms with Gasteiger partial charge in [0, 0.05) is 11.9 Å². The number of aromatic nitrogens is 2. The second-order valence-electron chi connectivity index (χ2n) is 3.76. The van der Waals surface area contributed by atoms with Crippen LogP contribution in [0.15, 0.2) is 22.8 Å². The highest BCUT2D eigenvalue weighted by Gasteiger charge is 2.11. The molecule has 0 aliphatic rings. The molecule has 2 rings (SSSR count). The quantitative estimate of drug-likeness (QED) is 0.923. The van der Waals surface area contributed by atoms with E-state index in [9.17, 15) is 0 Å². The number of rotatable bonds is 5. The summed E-state index contributed by atoms with van der Waals surface area (Å²) in [7, 11) is 0. The summed E-state index contributed by atoms with van der Waals surface area (Å²) in [6.45, 7) is 3.31. The van der Waals surface area contributed by atoms with Crippen molar-refractivity contribution in [1.29, 1.82) is 0 Å². The molecule has 0 unspecified atom stereocenters. The topological polar surface area (TPSA) is 47.3 Å². The van der Waals surface area contributed by atoms with Gasteiger partial charge in [-0.05, 0) is 34.5 Å². The summed E-state index contributed by atoms with van der Waals surface area (Å²) in [6.07, 6.45) is 2.89. The van der Waals surface area contributed by atoms with Crippen LogP contribution >= 0.6 is 15.9 Å². The number of aryl methyl sites for hydroxylation is 1. The molecule has 1 N–H and O–H groups in total. The molecular weight excluding hydrogens is 284 g/mol. The molecular formula is C12H15BrN2O2. The van der Waals surface area contributed by atoms with E-state index < -0.39 is 0 Å². The number of aliphatic hydroxyl groups is 1. The Balaban J connectivity index is 2.44. The fourth-order valence-corrected chi connectivity index (χ4v) is 2.45. The van der Waals surface area contributed by atoms with E-state index in [4.69, 9.17) is 9.84 Å². The average molecular weight is 299 g/mol. The van der Waals surface area contributed by atoms with Crippen LogP contribution in [-0.2, 0) is 6.54 Å². The van der Waals surface area contributed by atoms with E-state index >= 15 is 0 Å². The smallest absolute Gasteiger partial charge is 0.135 e. The fraction of sp³-hybridized carbons (Fsp3) is 0.417. The van der Waals surface area contributed by atoms with Crippen LogP contribution in [-0.4, -0.2) is 28.1 Å². The second-order valence-corrected chi connectivity index (χ2v) is 4.55. The monoisotopic (exact) mass is 298 g/mol. The Labute approximate surface area is 108 Å². The van der Waals surface area contributed by atoms with Crippen molar-refractivity contribution >= 4 is 26.8 Å². The van der Waals surface area contributed by atoms with Gasteiger partial charge in [0.1, 0.15) is 12.4 Å². The van der Waals surface area contributed by atoms with Crippen LogP contribution in [0.4, 0.5) is 0 Å². The number of hydrogen-bond donors (Lipinski definition) is 1. The van der Waals surface area contributed by atoms with Crippen molar-refractivity contribution in [3.63, 3.8) is 0 Å². The first kappa shape index (κ1) is 12.4. The van der Waals surface area contributed by atoms with Crippen LogP contribution in [0.2, 0.25) is 0 Å². The molecule has 1 aromatic carbocycles. The molecule has 0 spiro atoms. The van der Waals surface area contributed by atoms with E-state index in [0.29, 0.717) is 6.61 Å². The maximum absolute atomic E-state index is 8.77. The lowest BCUT2D eigenvalue weighted by atomic mass is 10.2. The number of nitrogens with zero attached hydrogens (tertiary/aromatic N) is 2. The Bertz CT molecular complexity index is 510. The van der Waals surface area contributed by atoms with Crippen LogP contribution in [0.5, 0.6) is 5.75 Å². The van der Waals surface area contributed by atoms with Gasteiger partial charge < -0.3 is 9.84 Å². The standard InChI is InChI=1S/C12H15BrN2O2/c1-2-5-15-12-9(8-14-15)3-4-10(11(12)13)17-7-6-16/h3-4,8,16H,2,5-7H2,1H3. The van der Waals surface area contributed by atoms with Crippen LogP contribution in [0.3, 0.4) is 0 Å². The molecule has 0 fully saturated rings. The molecule has 17 heavy (non-hydrogen) atoms. The van der Waals surface area contributed by atoms with Gasteiger partial charge in [-0.15, -0.1) is 0 Å². The molecule has 0 aliphatic heterocycles. The van der Waals surface area contributed by atoms with Gasteiger partial charge >= 0.3 is 0 Å². The van der Waals surface area contributed by atoms with Gasteiger partial charge in [0.15, 0.2) is 0 Å². The first-order valence-corrected chi connectivity index (χ1v) is 6.45. The van der Waals surface area contributed by atoms with E-state index in [1.54, 1.807) is 0 Å². The normalized spacial score (nSPS) is 11.0. The lowest BCUT2D eigenvalue weighted by Gasteiger charge is -2.09. The van der Waals surface area contributed by atoms with Crippen molar-refractivity contribution < 1.29 is 9.84 Å². The number of halogens is 1. The van der Waals surface area contributed by atoms with Crippen molar-refractivity contribution in [3.05, 3.63) is 22.8 Å². The van der Waals surface area contributed by atoms with Crippen molar-refractivity contribution in [1.82, 2.24) is 9.78 Å². The molecule has 0 radical (unpaired) electrons. The lowest BCUT2D eigenvalue weighted by molar-refractivity contribution is 0.201. The maximum Gasteiger partial charge on any atom is 0.135 e. The van der Waals surface area contributed by atoms with Crippen LogP contribution in [0, 0.1) is 0 Å². The average Bonchev–Trinajstić information content (AvgIpc) is 2.73. The number of hydrogen-bond acceptors (Lipinski definition) is 3. The number of ether oxygens (including phenoxy) is 1. The predicted molar refractivity (Wildman–Crippen MR) is 70.3 cm³/mol. The van der Waals surface area contributed by atoms with Crippen molar-refractivity contribution in [2.24, 2.45) is 0 Å². The van der Waals surface area contributed by atoms with Gasteiger partial charge in [0.05, 0.1) is 22.8 Å². The molecule has 0 bridgehead atoms. The van der Waals surface area contributed by atoms with Gasteiger partial charge in [-0.25, -0.2) is 0 Å². The number of benzene rings is 1. The van der Waals surface area contributed by atoms with Gasteiger partial charge in [-0.3, -0.25) is 4.68 Å². The minimum Gasteiger partial charge on any atom is -0.490 e. The molecule has 0 aliphatic carbocycles. The van der Waals surface area contributed by atoms with E-state index in [0.717, 1.165) is 34.1 Å². The molecule has 1 heterocycles. The SMILES string of the molecule is CCCn1ncc2ccc(OCCO)c(Br)c21. The minimum absolute atomic E-state index is 0.0126. The van der Waals surface area contributed by atoms with Crippen molar-refractivity contribution in [2.75, 3.05) is 13.2 Å². The summed E-state index contributed by atoms with van der Waals surface area (Å²) >= 11 is 3.54. The van der Waals surface area contributed by atoms with Crippen LogP contribution < -0.4 is 4.74 Å². The van der Waals surface area contributed by atoms with Gasteiger partial charge in [0.2, 0.25) is 0 Å². The molecule has 92 valence electrons. The van der Waals surface area contributed by atoms with Crippen LogP contribution in [0.1, 0.15) is 13.3 Å². The molecule has 4 nitrogen and oxygen atoms in total.